The Morgan fingerprint density at radius 2 is 2.11 bits per heavy atom. The molecule has 19 heavy (non-hydrogen) atoms. The van der Waals surface area contributed by atoms with E-state index in [1.807, 2.05) is 19.9 Å². The fourth-order valence-electron chi connectivity index (χ4n) is 1.65. The lowest BCUT2D eigenvalue weighted by Crippen LogP contribution is -2.21. The lowest BCUT2D eigenvalue weighted by molar-refractivity contribution is -0.116. The summed E-state index contributed by atoms with van der Waals surface area (Å²) in [5.41, 5.74) is 7.23. The molecule has 1 unspecified atom stereocenters. The molecular formula is C14H20N2O3. The maximum absolute atomic E-state index is 11.8. The van der Waals surface area contributed by atoms with Crippen molar-refractivity contribution in [2.45, 2.75) is 20.3 Å². The fourth-order valence-corrected chi connectivity index (χ4v) is 1.65. The highest BCUT2D eigenvalue weighted by molar-refractivity contribution is 6.01. The van der Waals surface area contributed by atoms with E-state index in [-0.39, 0.29) is 11.8 Å². The molecule has 0 heterocycles. The predicted molar refractivity (Wildman–Crippen MR) is 74.0 cm³/mol. The Labute approximate surface area is 113 Å². The number of benzene rings is 1. The number of anilines is 1. The third-order valence-electron chi connectivity index (χ3n) is 2.79. The number of nitrogens with two attached hydrogens (primary N) is 1. The van der Waals surface area contributed by atoms with Crippen molar-refractivity contribution in [3.05, 3.63) is 29.3 Å². The third-order valence-corrected chi connectivity index (χ3v) is 2.79. The first-order valence-corrected chi connectivity index (χ1v) is 6.16. The molecule has 0 radical (unpaired) electrons. The molecule has 0 spiro atoms. The molecule has 1 aromatic carbocycles. The highest BCUT2D eigenvalue weighted by atomic mass is 16.5. The smallest absolute Gasteiger partial charge is 0.339 e. The molecule has 1 aromatic rings. The Kier molecular flexibility index (Phi) is 5.51. The second kappa shape index (κ2) is 6.89. The predicted octanol–water partition coefficient (Wildman–Crippen LogP) is 1.71. The summed E-state index contributed by atoms with van der Waals surface area (Å²) in [6.45, 7) is 4.22. The molecule has 0 saturated heterocycles. The van der Waals surface area contributed by atoms with Gasteiger partial charge in [0.25, 0.3) is 0 Å². The Morgan fingerprint density at radius 3 is 2.68 bits per heavy atom. The van der Waals surface area contributed by atoms with Crippen LogP contribution in [-0.4, -0.2) is 25.5 Å². The Bertz CT molecular complexity index is 472. The Balaban J connectivity index is 2.88. The fraction of sp³-hybridized carbons (Fsp3) is 0.429. The van der Waals surface area contributed by atoms with Gasteiger partial charge in [0.2, 0.25) is 5.91 Å². The molecule has 104 valence electrons. The minimum Gasteiger partial charge on any atom is -0.465 e. The first-order chi connectivity index (χ1) is 8.97. The van der Waals surface area contributed by atoms with E-state index in [0.717, 1.165) is 5.56 Å². The van der Waals surface area contributed by atoms with Crippen molar-refractivity contribution in [3.8, 4) is 0 Å². The van der Waals surface area contributed by atoms with Crippen LogP contribution in [0, 0.1) is 12.8 Å². The standard InChI is InChI=1S/C14H20N2O3/c1-9-4-5-12(11(6-9)14(18)19-3)16-13(17)7-10(2)8-15/h4-6,10H,7-8,15H2,1-3H3,(H,16,17). The lowest BCUT2D eigenvalue weighted by atomic mass is 10.1. The molecule has 0 aliphatic heterocycles. The third kappa shape index (κ3) is 4.37. The number of esters is 1. The normalized spacial score (nSPS) is 11.8. The van der Waals surface area contributed by atoms with Crippen molar-refractivity contribution in [2.24, 2.45) is 11.7 Å². The second-order valence-electron chi connectivity index (χ2n) is 4.63. The van der Waals surface area contributed by atoms with Gasteiger partial charge in [-0.1, -0.05) is 18.6 Å². The lowest BCUT2D eigenvalue weighted by Gasteiger charge is -2.12. The summed E-state index contributed by atoms with van der Waals surface area (Å²) in [5, 5.41) is 2.72. The van der Waals surface area contributed by atoms with Gasteiger partial charge in [-0.05, 0) is 31.5 Å². The monoisotopic (exact) mass is 264 g/mol. The van der Waals surface area contributed by atoms with Crippen molar-refractivity contribution in [3.63, 3.8) is 0 Å². The van der Waals surface area contributed by atoms with Crippen molar-refractivity contribution in [1.82, 2.24) is 0 Å². The maximum atomic E-state index is 11.8. The number of hydrogen-bond donors (Lipinski definition) is 2. The molecule has 0 fully saturated rings. The SMILES string of the molecule is COC(=O)c1cc(C)ccc1NC(=O)CC(C)CN. The summed E-state index contributed by atoms with van der Waals surface area (Å²) in [6, 6.07) is 5.22. The van der Waals surface area contributed by atoms with Crippen LogP contribution >= 0.6 is 0 Å². The maximum Gasteiger partial charge on any atom is 0.339 e. The van der Waals surface area contributed by atoms with Crippen molar-refractivity contribution in [1.29, 1.82) is 0 Å². The number of ether oxygens (including phenoxy) is 1. The molecule has 5 nitrogen and oxygen atoms in total. The molecule has 0 aliphatic rings. The number of carbonyl (C=O) groups excluding carboxylic acids is 2. The first-order valence-electron chi connectivity index (χ1n) is 6.16. The van der Waals surface area contributed by atoms with Crippen LogP contribution in [0.4, 0.5) is 5.69 Å². The van der Waals surface area contributed by atoms with Crippen LogP contribution in [0.5, 0.6) is 0 Å². The Hall–Kier alpha value is -1.88. The summed E-state index contributed by atoms with van der Waals surface area (Å²) >= 11 is 0. The largest absolute Gasteiger partial charge is 0.465 e. The van der Waals surface area contributed by atoms with Crippen LogP contribution in [0.1, 0.15) is 29.3 Å². The zero-order valence-electron chi connectivity index (χ0n) is 11.5. The summed E-state index contributed by atoms with van der Waals surface area (Å²) < 4.78 is 4.71. The highest BCUT2D eigenvalue weighted by Gasteiger charge is 2.15. The van der Waals surface area contributed by atoms with Crippen molar-refractivity contribution in [2.75, 3.05) is 19.0 Å². The van der Waals surface area contributed by atoms with Gasteiger partial charge >= 0.3 is 5.97 Å². The minimum absolute atomic E-state index is 0.104. The van der Waals surface area contributed by atoms with Crippen molar-refractivity contribution < 1.29 is 14.3 Å². The quantitative estimate of drug-likeness (QED) is 0.793. The molecule has 1 amide bonds. The molecular weight excluding hydrogens is 244 g/mol. The van der Waals surface area contributed by atoms with E-state index in [4.69, 9.17) is 10.5 Å². The topological polar surface area (TPSA) is 81.4 Å². The number of carbonyl (C=O) groups is 2. The van der Waals surface area contributed by atoms with Crippen LogP contribution in [0.15, 0.2) is 18.2 Å². The van der Waals surface area contributed by atoms with Gasteiger partial charge in [-0.15, -0.1) is 0 Å². The van der Waals surface area contributed by atoms with Crippen LogP contribution in [-0.2, 0) is 9.53 Å². The number of nitrogens with one attached hydrogen (secondary N) is 1. The van der Waals surface area contributed by atoms with E-state index in [1.165, 1.54) is 7.11 Å². The summed E-state index contributed by atoms with van der Waals surface area (Å²) in [5.74, 6) is -0.523. The first kappa shape index (κ1) is 15.2. The Morgan fingerprint density at radius 1 is 1.42 bits per heavy atom. The highest BCUT2D eigenvalue weighted by Crippen LogP contribution is 2.19. The summed E-state index contributed by atoms with van der Waals surface area (Å²) in [4.78, 5) is 23.5. The zero-order valence-corrected chi connectivity index (χ0v) is 11.5. The molecule has 1 atom stereocenters. The van der Waals surface area contributed by atoms with Gasteiger partial charge in [0.1, 0.15) is 0 Å². The van der Waals surface area contributed by atoms with Gasteiger partial charge in [0.05, 0.1) is 18.4 Å². The van der Waals surface area contributed by atoms with E-state index < -0.39 is 5.97 Å². The number of amides is 1. The number of methoxy groups -OCH3 is 1. The van der Waals surface area contributed by atoms with E-state index in [1.54, 1.807) is 12.1 Å². The molecule has 0 saturated carbocycles. The van der Waals surface area contributed by atoms with Crippen LogP contribution in [0.3, 0.4) is 0 Å². The summed E-state index contributed by atoms with van der Waals surface area (Å²) in [7, 11) is 1.31. The van der Waals surface area contributed by atoms with Crippen LogP contribution in [0.25, 0.3) is 0 Å². The van der Waals surface area contributed by atoms with Gasteiger partial charge in [-0.2, -0.15) is 0 Å². The number of rotatable bonds is 5. The average Bonchev–Trinajstić information content (AvgIpc) is 2.39. The van der Waals surface area contributed by atoms with Crippen LogP contribution < -0.4 is 11.1 Å². The van der Waals surface area contributed by atoms with Crippen LogP contribution in [0.2, 0.25) is 0 Å². The number of aryl methyl sites for hydroxylation is 1. The molecule has 0 aromatic heterocycles. The molecule has 5 heteroatoms. The van der Waals surface area contributed by atoms with Gasteiger partial charge in [0, 0.05) is 6.42 Å². The van der Waals surface area contributed by atoms with Gasteiger partial charge in [0.15, 0.2) is 0 Å². The van der Waals surface area contributed by atoms with Crippen molar-refractivity contribution >= 4 is 17.6 Å². The van der Waals surface area contributed by atoms with Gasteiger partial charge in [-0.25, -0.2) is 4.79 Å². The zero-order chi connectivity index (χ0) is 14.4. The van der Waals surface area contributed by atoms with Gasteiger partial charge < -0.3 is 15.8 Å². The van der Waals surface area contributed by atoms with E-state index in [2.05, 4.69) is 5.32 Å². The summed E-state index contributed by atoms with van der Waals surface area (Å²) in [6.07, 6.45) is 0.324. The molecule has 1 rings (SSSR count). The molecule has 0 aliphatic carbocycles. The van der Waals surface area contributed by atoms with E-state index >= 15 is 0 Å². The minimum atomic E-state index is -0.467. The second-order valence-corrected chi connectivity index (χ2v) is 4.63. The van der Waals surface area contributed by atoms with Gasteiger partial charge in [-0.3, -0.25) is 4.79 Å². The van der Waals surface area contributed by atoms with E-state index in [9.17, 15) is 9.59 Å². The molecule has 0 bridgehead atoms. The average molecular weight is 264 g/mol. The van der Waals surface area contributed by atoms with E-state index in [0.29, 0.717) is 24.2 Å². The number of hydrogen-bond acceptors (Lipinski definition) is 4. The molecule has 3 N–H and O–H groups in total.